The predicted molar refractivity (Wildman–Crippen MR) is 138 cm³/mol. The van der Waals surface area contributed by atoms with Crippen molar-refractivity contribution in [2.75, 3.05) is 26.4 Å². The first-order valence-electron chi connectivity index (χ1n) is 12.0. The minimum atomic E-state index is -0.465. The van der Waals surface area contributed by atoms with Crippen molar-refractivity contribution in [2.24, 2.45) is 0 Å². The van der Waals surface area contributed by atoms with Gasteiger partial charge in [-0.2, -0.15) is 0 Å². The van der Waals surface area contributed by atoms with Gasteiger partial charge in [-0.1, -0.05) is 25.3 Å². The zero-order chi connectivity index (χ0) is 26.5. The summed E-state index contributed by atoms with van der Waals surface area (Å²) in [5.41, 5.74) is 1.99. The molecule has 0 aliphatic rings. The lowest BCUT2D eigenvalue weighted by molar-refractivity contribution is -0.138. The molecule has 0 bridgehead atoms. The van der Waals surface area contributed by atoms with Gasteiger partial charge in [-0.25, -0.2) is 14.4 Å². The summed E-state index contributed by atoms with van der Waals surface area (Å²) in [5.74, 6) is 0.0897. The van der Waals surface area contributed by atoms with E-state index >= 15 is 0 Å². The van der Waals surface area contributed by atoms with Crippen LogP contribution in [0, 0.1) is 0 Å². The standard InChI is InChI=1S/C29H30O8/c1-3-27(30)34-16-6-5-15-33-24-13-14-25-23(19-24)20-26(37-25)21-9-11-22(12-10-21)29(32)36-18-8-7-17-35-28(31)4-2/h3-4,9-14,19-20H,1-2,5-8,15-18H2. The van der Waals surface area contributed by atoms with E-state index in [4.69, 9.17) is 23.4 Å². The van der Waals surface area contributed by atoms with Crippen LogP contribution in [0.15, 0.2) is 78.3 Å². The molecule has 2 aromatic carbocycles. The van der Waals surface area contributed by atoms with Crippen LogP contribution in [0.1, 0.15) is 36.0 Å². The monoisotopic (exact) mass is 506 g/mol. The first-order valence-corrected chi connectivity index (χ1v) is 12.0. The van der Waals surface area contributed by atoms with Gasteiger partial charge in [0, 0.05) is 23.1 Å². The van der Waals surface area contributed by atoms with Crippen LogP contribution in [0.4, 0.5) is 0 Å². The second-order valence-electron chi connectivity index (χ2n) is 8.03. The summed E-state index contributed by atoms with van der Waals surface area (Å²) in [5, 5.41) is 0.898. The van der Waals surface area contributed by atoms with Crippen molar-refractivity contribution in [1.82, 2.24) is 0 Å². The molecule has 0 spiro atoms. The molecule has 0 saturated heterocycles. The van der Waals surface area contributed by atoms with Gasteiger partial charge >= 0.3 is 17.9 Å². The Morgan fingerprint density at radius 3 is 1.95 bits per heavy atom. The van der Waals surface area contributed by atoms with E-state index in [0.717, 1.165) is 40.9 Å². The number of hydrogen-bond acceptors (Lipinski definition) is 8. The molecule has 0 aliphatic carbocycles. The maximum atomic E-state index is 12.3. The first kappa shape index (κ1) is 27.3. The summed E-state index contributed by atoms with van der Waals surface area (Å²) in [4.78, 5) is 34.3. The number of carbonyl (C=O) groups is 3. The average Bonchev–Trinajstić information content (AvgIpc) is 3.35. The van der Waals surface area contributed by atoms with Gasteiger partial charge in [0.2, 0.25) is 0 Å². The maximum absolute atomic E-state index is 12.3. The molecule has 3 aromatic rings. The van der Waals surface area contributed by atoms with Gasteiger partial charge in [0.15, 0.2) is 0 Å². The lowest BCUT2D eigenvalue weighted by Gasteiger charge is -2.06. The Hall–Kier alpha value is -4.33. The lowest BCUT2D eigenvalue weighted by Crippen LogP contribution is -2.08. The molecule has 0 aliphatic heterocycles. The van der Waals surface area contributed by atoms with E-state index < -0.39 is 17.9 Å². The van der Waals surface area contributed by atoms with Crippen LogP contribution < -0.4 is 4.74 Å². The summed E-state index contributed by atoms with van der Waals surface area (Å²) in [6, 6.07) is 14.5. The van der Waals surface area contributed by atoms with Gasteiger partial charge in [-0.05, 0) is 62.1 Å². The maximum Gasteiger partial charge on any atom is 0.338 e. The largest absolute Gasteiger partial charge is 0.494 e. The highest BCUT2D eigenvalue weighted by Crippen LogP contribution is 2.30. The normalized spacial score (nSPS) is 10.5. The van der Waals surface area contributed by atoms with Crippen LogP contribution in [0.2, 0.25) is 0 Å². The fourth-order valence-electron chi connectivity index (χ4n) is 3.33. The molecule has 0 unspecified atom stereocenters. The van der Waals surface area contributed by atoms with Gasteiger partial charge in [-0.3, -0.25) is 0 Å². The number of rotatable bonds is 15. The molecule has 0 saturated carbocycles. The highest BCUT2D eigenvalue weighted by molar-refractivity contribution is 5.90. The smallest absolute Gasteiger partial charge is 0.338 e. The third kappa shape index (κ3) is 8.68. The molecule has 0 atom stereocenters. The topological polar surface area (TPSA) is 101 Å². The fourth-order valence-corrected chi connectivity index (χ4v) is 3.33. The van der Waals surface area contributed by atoms with Crippen molar-refractivity contribution in [1.29, 1.82) is 0 Å². The van der Waals surface area contributed by atoms with Crippen LogP contribution in [0.5, 0.6) is 5.75 Å². The van der Waals surface area contributed by atoms with E-state index in [-0.39, 0.29) is 13.2 Å². The molecule has 0 radical (unpaired) electrons. The third-order valence-corrected chi connectivity index (χ3v) is 5.29. The Labute approximate surface area is 215 Å². The second-order valence-corrected chi connectivity index (χ2v) is 8.03. The lowest BCUT2D eigenvalue weighted by atomic mass is 10.1. The molecular weight excluding hydrogens is 476 g/mol. The van der Waals surface area contributed by atoms with E-state index in [1.165, 1.54) is 0 Å². The Morgan fingerprint density at radius 2 is 1.32 bits per heavy atom. The van der Waals surface area contributed by atoms with Crippen molar-refractivity contribution in [2.45, 2.75) is 25.7 Å². The number of benzene rings is 2. The molecule has 1 aromatic heterocycles. The molecule has 0 fully saturated rings. The van der Waals surface area contributed by atoms with E-state index in [9.17, 15) is 14.4 Å². The van der Waals surface area contributed by atoms with E-state index in [1.807, 2.05) is 24.3 Å². The number of fused-ring (bicyclic) bond motifs is 1. The molecule has 8 heteroatoms. The quantitative estimate of drug-likeness (QED) is 0.113. The number of carbonyl (C=O) groups excluding carboxylic acids is 3. The molecule has 194 valence electrons. The van der Waals surface area contributed by atoms with Gasteiger partial charge in [0.25, 0.3) is 0 Å². The molecule has 1 heterocycles. The minimum Gasteiger partial charge on any atom is -0.494 e. The van der Waals surface area contributed by atoms with E-state index in [0.29, 0.717) is 43.8 Å². The molecule has 0 N–H and O–H groups in total. The molecule has 3 rings (SSSR count). The van der Waals surface area contributed by atoms with Crippen molar-refractivity contribution in [3.05, 3.63) is 79.4 Å². The molecule has 0 amide bonds. The Morgan fingerprint density at radius 1 is 0.730 bits per heavy atom. The summed E-state index contributed by atoms with van der Waals surface area (Å²) >= 11 is 0. The number of esters is 3. The number of unbranched alkanes of at least 4 members (excludes halogenated alkanes) is 2. The highest BCUT2D eigenvalue weighted by atomic mass is 16.5. The molecule has 37 heavy (non-hydrogen) atoms. The van der Waals surface area contributed by atoms with Crippen molar-refractivity contribution >= 4 is 28.9 Å². The SMILES string of the molecule is C=CC(=O)OCCCCOC(=O)c1ccc(-c2cc3cc(OCCCCOC(=O)C=C)ccc3o2)cc1. The Balaban J connectivity index is 1.46. The number of furan rings is 1. The second kappa shape index (κ2) is 14.3. The summed E-state index contributed by atoms with van der Waals surface area (Å²) < 4.78 is 26.8. The van der Waals surface area contributed by atoms with Gasteiger partial charge in [-0.15, -0.1) is 0 Å². The van der Waals surface area contributed by atoms with E-state index in [2.05, 4.69) is 13.2 Å². The summed E-state index contributed by atoms with van der Waals surface area (Å²) in [7, 11) is 0. The molecule has 8 nitrogen and oxygen atoms in total. The van der Waals surface area contributed by atoms with Crippen molar-refractivity contribution < 1.29 is 37.7 Å². The minimum absolute atomic E-state index is 0.239. The van der Waals surface area contributed by atoms with Gasteiger partial charge in [0.1, 0.15) is 17.1 Å². The molecular formula is C29H30O8. The Kier molecular flexibility index (Phi) is 10.5. The summed E-state index contributed by atoms with van der Waals surface area (Å²) in [6.07, 6.45) is 4.89. The van der Waals surface area contributed by atoms with Crippen molar-refractivity contribution in [3.8, 4) is 17.1 Å². The van der Waals surface area contributed by atoms with Crippen LogP contribution >= 0.6 is 0 Å². The average molecular weight is 507 g/mol. The highest BCUT2D eigenvalue weighted by Gasteiger charge is 2.11. The van der Waals surface area contributed by atoms with Crippen LogP contribution in [0.25, 0.3) is 22.3 Å². The number of ether oxygens (including phenoxy) is 4. The Bertz CT molecular complexity index is 1220. The zero-order valence-corrected chi connectivity index (χ0v) is 20.6. The predicted octanol–water partition coefficient (Wildman–Crippen LogP) is 5.65. The van der Waals surface area contributed by atoms with Gasteiger partial charge in [0.05, 0.1) is 32.0 Å². The van der Waals surface area contributed by atoms with Crippen molar-refractivity contribution in [3.63, 3.8) is 0 Å². The third-order valence-electron chi connectivity index (χ3n) is 5.29. The van der Waals surface area contributed by atoms with Crippen LogP contribution in [-0.4, -0.2) is 44.3 Å². The van der Waals surface area contributed by atoms with Crippen LogP contribution in [0.3, 0.4) is 0 Å². The van der Waals surface area contributed by atoms with Gasteiger partial charge < -0.3 is 23.4 Å². The van der Waals surface area contributed by atoms with E-state index in [1.54, 1.807) is 24.3 Å². The zero-order valence-electron chi connectivity index (χ0n) is 20.6. The summed E-state index contributed by atoms with van der Waals surface area (Å²) in [6.45, 7) is 8.02. The first-order chi connectivity index (χ1) is 18.0. The number of hydrogen-bond donors (Lipinski definition) is 0. The fraction of sp³-hybridized carbons (Fsp3) is 0.276. The van der Waals surface area contributed by atoms with Crippen LogP contribution in [-0.2, 0) is 23.8 Å².